The molecule has 0 radical (unpaired) electrons. The van der Waals surface area contributed by atoms with Gasteiger partial charge in [-0.2, -0.15) is 0 Å². The van der Waals surface area contributed by atoms with Crippen molar-refractivity contribution in [2.45, 2.75) is 18.9 Å². The van der Waals surface area contributed by atoms with Crippen molar-refractivity contribution < 1.29 is 4.79 Å². The highest BCUT2D eigenvalue weighted by molar-refractivity contribution is 5.83. The lowest BCUT2D eigenvalue weighted by molar-refractivity contribution is -0.132. The van der Waals surface area contributed by atoms with Crippen LogP contribution >= 0.6 is 0 Å². The zero-order valence-electron chi connectivity index (χ0n) is 7.99. The molecule has 3 nitrogen and oxygen atoms in total. The largest absolute Gasteiger partial charge is 0.343 e. The minimum absolute atomic E-state index is 0.381. The molecule has 1 unspecified atom stereocenters. The van der Waals surface area contributed by atoms with E-state index >= 15 is 0 Å². The third-order valence-corrected chi connectivity index (χ3v) is 3.82. The van der Waals surface area contributed by atoms with Crippen LogP contribution in [0.25, 0.3) is 0 Å². The molecule has 0 bridgehead atoms. The third-order valence-electron chi connectivity index (χ3n) is 3.82. The van der Waals surface area contributed by atoms with Gasteiger partial charge in [-0.3, -0.25) is 4.79 Å². The molecule has 1 N–H and O–H groups in total. The van der Waals surface area contributed by atoms with Crippen LogP contribution in [-0.4, -0.2) is 37.0 Å². The first-order valence-corrected chi connectivity index (χ1v) is 5.26. The average Bonchev–Trinajstić information content (AvgIpc) is 3.04. The van der Waals surface area contributed by atoms with Crippen molar-refractivity contribution in [3.8, 4) is 0 Å². The Balaban J connectivity index is 1.63. The van der Waals surface area contributed by atoms with Gasteiger partial charge in [0.15, 0.2) is 0 Å². The van der Waals surface area contributed by atoms with Gasteiger partial charge < -0.3 is 10.2 Å². The summed E-state index contributed by atoms with van der Waals surface area (Å²) in [6.45, 7) is 2.14. The Kier molecular flexibility index (Phi) is 1.48. The summed E-state index contributed by atoms with van der Waals surface area (Å²) in [5.41, 5.74) is 0. The van der Waals surface area contributed by atoms with Crippen LogP contribution in [0.5, 0.6) is 0 Å². The molecule has 1 amide bonds. The summed E-state index contributed by atoms with van der Waals surface area (Å²) >= 11 is 0. The summed E-state index contributed by atoms with van der Waals surface area (Å²) in [4.78, 5) is 13.9. The molecular weight excluding hydrogens is 164 g/mol. The summed E-state index contributed by atoms with van der Waals surface area (Å²) in [5.74, 6) is 2.15. The predicted octanol–water partition coefficient (Wildman–Crippen LogP) is 0.0726. The van der Waals surface area contributed by atoms with Crippen molar-refractivity contribution in [3.05, 3.63) is 0 Å². The van der Waals surface area contributed by atoms with E-state index in [1.807, 2.05) is 11.9 Å². The van der Waals surface area contributed by atoms with E-state index in [1.165, 1.54) is 12.8 Å². The van der Waals surface area contributed by atoms with Crippen LogP contribution in [0.2, 0.25) is 0 Å². The van der Waals surface area contributed by atoms with E-state index in [0.717, 1.165) is 13.1 Å². The number of nitrogens with zero attached hydrogens (tertiary/aromatic N) is 1. The van der Waals surface area contributed by atoms with E-state index in [-0.39, 0.29) is 0 Å². The van der Waals surface area contributed by atoms with Crippen molar-refractivity contribution in [3.63, 3.8) is 0 Å². The summed E-state index contributed by atoms with van der Waals surface area (Å²) in [6, 6.07) is 0.585. The maximum absolute atomic E-state index is 11.9. The molecule has 3 aliphatic rings. The monoisotopic (exact) mass is 180 g/mol. The number of carbonyl (C=O) groups excluding carboxylic acids is 1. The lowest BCUT2D eigenvalue weighted by atomic mass is 10.2. The molecule has 2 saturated carbocycles. The first kappa shape index (κ1) is 7.80. The fourth-order valence-corrected chi connectivity index (χ4v) is 2.66. The fraction of sp³-hybridized carbons (Fsp3) is 0.900. The minimum atomic E-state index is 0.381. The van der Waals surface area contributed by atoms with E-state index in [1.54, 1.807) is 0 Å². The molecule has 2 aliphatic carbocycles. The lowest BCUT2D eigenvalue weighted by Gasteiger charge is -2.17. The quantitative estimate of drug-likeness (QED) is 0.652. The second kappa shape index (κ2) is 2.47. The normalized spacial score (nSPS) is 41.5. The summed E-state index contributed by atoms with van der Waals surface area (Å²) in [7, 11) is 1.97. The number of fused-ring (bicyclic) bond motifs is 1. The fourth-order valence-electron chi connectivity index (χ4n) is 2.66. The maximum atomic E-state index is 11.9. The van der Waals surface area contributed by atoms with Crippen LogP contribution in [0.1, 0.15) is 12.8 Å². The summed E-state index contributed by atoms with van der Waals surface area (Å²) in [5, 5.41) is 3.32. The van der Waals surface area contributed by atoms with Gasteiger partial charge in [0.2, 0.25) is 5.91 Å². The highest BCUT2D eigenvalue weighted by Gasteiger charge is 2.58. The smallest absolute Gasteiger partial charge is 0.226 e. The minimum Gasteiger partial charge on any atom is -0.343 e. The van der Waals surface area contributed by atoms with Crippen molar-refractivity contribution in [2.75, 3.05) is 20.1 Å². The Labute approximate surface area is 78.5 Å². The van der Waals surface area contributed by atoms with Crippen LogP contribution in [0.15, 0.2) is 0 Å². The molecule has 72 valence electrons. The van der Waals surface area contributed by atoms with Crippen molar-refractivity contribution >= 4 is 5.91 Å². The topological polar surface area (TPSA) is 32.3 Å². The zero-order valence-corrected chi connectivity index (χ0v) is 7.99. The van der Waals surface area contributed by atoms with Crippen molar-refractivity contribution in [1.82, 2.24) is 10.2 Å². The van der Waals surface area contributed by atoms with Gasteiger partial charge in [-0.15, -0.1) is 0 Å². The number of nitrogens with one attached hydrogen (secondary N) is 1. The number of amides is 1. The van der Waals surface area contributed by atoms with Gasteiger partial charge in [0.1, 0.15) is 0 Å². The molecule has 3 atom stereocenters. The van der Waals surface area contributed by atoms with Gasteiger partial charge in [-0.05, 0) is 37.8 Å². The second-order valence-corrected chi connectivity index (χ2v) is 4.69. The Bertz CT molecular complexity index is 239. The number of hydrogen-bond donors (Lipinski definition) is 1. The van der Waals surface area contributed by atoms with Crippen LogP contribution in [0, 0.1) is 17.8 Å². The van der Waals surface area contributed by atoms with Crippen LogP contribution in [0.3, 0.4) is 0 Å². The van der Waals surface area contributed by atoms with Gasteiger partial charge >= 0.3 is 0 Å². The van der Waals surface area contributed by atoms with E-state index in [9.17, 15) is 4.79 Å². The number of carbonyl (C=O) groups is 1. The zero-order chi connectivity index (χ0) is 9.00. The molecule has 0 aromatic carbocycles. The first-order valence-electron chi connectivity index (χ1n) is 5.26. The van der Waals surface area contributed by atoms with Crippen molar-refractivity contribution in [1.29, 1.82) is 0 Å². The van der Waals surface area contributed by atoms with E-state index in [0.29, 0.717) is 29.7 Å². The average molecular weight is 180 g/mol. The molecule has 0 aromatic heterocycles. The predicted molar refractivity (Wildman–Crippen MR) is 49.1 cm³/mol. The van der Waals surface area contributed by atoms with Gasteiger partial charge in [0.25, 0.3) is 0 Å². The molecule has 3 fully saturated rings. The number of piperidine rings is 1. The Morgan fingerprint density at radius 2 is 1.92 bits per heavy atom. The highest BCUT2D eigenvalue weighted by Crippen LogP contribution is 2.50. The summed E-state index contributed by atoms with van der Waals surface area (Å²) in [6.07, 6.45) is 2.45. The molecule has 0 aromatic rings. The summed E-state index contributed by atoms with van der Waals surface area (Å²) < 4.78 is 0. The maximum Gasteiger partial charge on any atom is 0.226 e. The molecule has 1 heterocycles. The molecule has 0 spiro atoms. The lowest BCUT2D eigenvalue weighted by Crippen LogP contribution is -2.33. The van der Waals surface area contributed by atoms with E-state index in [4.69, 9.17) is 0 Å². The van der Waals surface area contributed by atoms with Gasteiger partial charge in [-0.1, -0.05) is 0 Å². The van der Waals surface area contributed by atoms with Crippen LogP contribution in [0.4, 0.5) is 0 Å². The highest BCUT2D eigenvalue weighted by atomic mass is 16.2. The molecule has 1 aliphatic heterocycles. The molecule has 3 rings (SSSR count). The van der Waals surface area contributed by atoms with Crippen LogP contribution in [-0.2, 0) is 4.79 Å². The van der Waals surface area contributed by atoms with Gasteiger partial charge in [0, 0.05) is 19.0 Å². The third kappa shape index (κ3) is 1.10. The van der Waals surface area contributed by atoms with E-state index < -0.39 is 0 Å². The van der Waals surface area contributed by atoms with Crippen LogP contribution < -0.4 is 5.32 Å². The molecular formula is C10H16N2O. The second-order valence-electron chi connectivity index (χ2n) is 4.69. The SMILES string of the molecule is CN(C(=O)C1[C@H]2CNC[C@@H]12)C1CC1. The van der Waals surface area contributed by atoms with Gasteiger partial charge in [0.05, 0.1) is 0 Å². The standard InChI is InChI=1S/C10H16N2O/c1-12(6-2-3-6)10(13)9-7-4-11-5-8(7)9/h6-9,11H,2-5H2,1H3/t7-,8+,9?. The van der Waals surface area contributed by atoms with Gasteiger partial charge in [-0.25, -0.2) is 0 Å². The number of hydrogen-bond acceptors (Lipinski definition) is 2. The van der Waals surface area contributed by atoms with E-state index in [2.05, 4.69) is 5.32 Å². The first-order chi connectivity index (χ1) is 6.29. The Morgan fingerprint density at radius 3 is 2.46 bits per heavy atom. The Hall–Kier alpha value is -0.570. The van der Waals surface area contributed by atoms with Crippen molar-refractivity contribution in [2.24, 2.45) is 17.8 Å². The molecule has 3 heteroatoms. The number of rotatable bonds is 2. The molecule has 1 saturated heterocycles. The Morgan fingerprint density at radius 1 is 1.31 bits per heavy atom. The molecule has 13 heavy (non-hydrogen) atoms.